The van der Waals surface area contributed by atoms with Crippen LogP contribution in [-0.2, 0) is 6.42 Å². The average molecular weight is 524 g/mol. The monoisotopic (exact) mass is 524 g/mol. The highest BCUT2D eigenvalue weighted by Crippen LogP contribution is 2.07. The minimum Gasteiger partial charge on any atom is -0.370 e. The minimum absolute atomic E-state index is 0. The Morgan fingerprint density at radius 2 is 1.80 bits per heavy atom. The maximum Gasteiger partial charge on any atom is 0.253 e. The van der Waals surface area contributed by atoms with Gasteiger partial charge in [-0.3, -0.25) is 9.79 Å². The minimum atomic E-state index is 0. The van der Waals surface area contributed by atoms with Gasteiger partial charge in [-0.1, -0.05) is 18.2 Å². The predicted octanol–water partition coefficient (Wildman–Crippen LogP) is 3.00. The zero-order chi connectivity index (χ0) is 20.9. The summed E-state index contributed by atoms with van der Waals surface area (Å²) in [5.74, 6) is 1.73. The SMILES string of the molecule is CN=C(NCCCCNc1ccccn1)NCCc1cccc(C(=O)N(C)C)c1.I. The fraction of sp³-hybridized carbons (Fsp3) is 0.409. The van der Waals surface area contributed by atoms with Gasteiger partial charge in [0.15, 0.2) is 5.96 Å². The molecule has 0 unspecified atom stereocenters. The number of nitrogens with zero attached hydrogens (tertiary/aromatic N) is 3. The van der Waals surface area contributed by atoms with E-state index >= 15 is 0 Å². The highest BCUT2D eigenvalue weighted by molar-refractivity contribution is 14.0. The van der Waals surface area contributed by atoms with Crippen molar-refractivity contribution >= 4 is 41.7 Å². The van der Waals surface area contributed by atoms with E-state index in [2.05, 4.69) is 25.9 Å². The van der Waals surface area contributed by atoms with Gasteiger partial charge in [0.25, 0.3) is 5.91 Å². The van der Waals surface area contributed by atoms with Crippen molar-refractivity contribution in [1.29, 1.82) is 0 Å². The largest absolute Gasteiger partial charge is 0.370 e. The van der Waals surface area contributed by atoms with Crippen LogP contribution in [0.2, 0.25) is 0 Å². The van der Waals surface area contributed by atoms with E-state index in [0.29, 0.717) is 5.56 Å². The van der Waals surface area contributed by atoms with Crippen molar-refractivity contribution in [2.24, 2.45) is 4.99 Å². The van der Waals surface area contributed by atoms with Crippen LogP contribution in [0.5, 0.6) is 0 Å². The van der Waals surface area contributed by atoms with E-state index in [1.54, 1.807) is 32.2 Å². The average Bonchev–Trinajstić information content (AvgIpc) is 2.75. The van der Waals surface area contributed by atoms with Crippen molar-refractivity contribution in [1.82, 2.24) is 20.5 Å². The smallest absolute Gasteiger partial charge is 0.253 e. The number of amides is 1. The van der Waals surface area contributed by atoms with Crippen LogP contribution in [0, 0.1) is 0 Å². The van der Waals surface area contributed by atoms with Gasteiger partial charge in [-0.05, 0) is 49.1 Å². The van der Waals surface area contributed by atoms with E-state index in [0.717, 1.165) is 56.2 Å². The van der Waals surface area contributed by atoms with Gasteiger partial charge in [-0.2, -0.15) is 0 Å². The Morgan fingerprint density at radius 3 is 2.50 bits per heavy atom. The van der Waals surface area contributed by atoms with Crippen LogP contribution in [0.25, 0.3) is 0 Å². The Labute approximate surface area is 196 Å². The molecule has 0 radical (unpaired) electrons. The maximum atomic E-state index is 12.1. The summed E-state index contributed by atoms with van der Waals surface area (Å²) in [5, 5.41) is 9.96. The Hall–Kier alpha value is -2.36. The Kier molecular flexibility index (Phi) is 12.5. The van der Waals surface area contributed by atoms with Crippen LogP contribution in [0.15, 0.2) is 53.7 Å². The molecule has 1 amide bonds. The van der Waals surface area contributed by atoms with Gasteiger partial charge in [0, 0.05) is 52.5 Å². The third-order valence-corrected chi connectivity index (χ3v) is 4.38. The van der Waals surface area contributed by atoms with E-state index in [-0.39, 0.29) is 29.9 Å². The maximum absolute atomic E-state index is 12.1. The van der Waals surface area contributed by atoms with Crippen molar-refractivity contribution < 1.29 is 4.79 Å². The highest BCUT2D eigenvalue weighted by atomic mass is 127. The first-order valence-electron chi connectivity index (χ1n) is 10.00. The van der Waals surface area contributed by atoms with Crippen LogP contribution in [0.4, 0.5) is 5.82 Å². The molecule has 1 heterocycles. The molecule has 2 rings (SSSR count). The summed E-state index contributed by atoms with van der Waals surface area (Å²) >= 11 is 0. The summed E-state index contributed by atoms with van der Waals surface area (Å²) < 4.78 is 0. The number of carbonyl (C=O) groups excluding carboxylic acids is 1. The van der Waals surface area contributed by atoms with Crippen LogP contribution in [0.3, 0.4) is 0 Å². The van der Waals surface area contributed by atoms with E-state index in [9.17, 15) is 4.79 Å². The molecule has 30 heavy (non-hydrogen) atoms. The van der Waals surface area contributed by atoms with Crippen molar-refractivity contribution in [2.75, 3.05) is 46.1 Å². The second-order valence-electron chi connectivity index (χ2n) is 6.92. The first-order valence-corrected chi connectivity index (χ1v) is 10.00. The van der Waals surface area contributed by atoms with Crippen molar-refractivity contribution in [2.45, 2.75) is 19.3 Å². The molecule has 0 bridgehead atoms. The van der Waals surface area contributed by atoms with Crippen molar-refractivity contribution in [3.8, 4) is 0 Å². The second kappa shape index (κ2) is 14.6. The third-order valence-electron chi connectivity index (χ3n) is 4.38. The summed E-state index contributed by atoms with van der Waals surface area (Å²) in [6.45, 7) is 2.50. The summed E-state index contributed by atoms with van der Waals surface area (Å²) in [6, 6.07) is 13.6. The fourth-order valence-corrected chi connectivity index (χ4v) is 2.80. The lowest BCUT2D eigenvalue weighted by Gasteiger charge is -2.13. The number of hydrogen-bond acceptors (Lipinski definition) is 4. The predicted molar refractivity (Wildman–Crippen MR) is 135 cm³/mol. The molecule has 0 aliphatic heterocycles. The van der Waals surface area contributed by atoms with Gasteiger partial charge in [0.1, 0.15) is 5.82 Å². The number of aliphatic imine (C=N–C) groups is 1. The number of hydrogen-bond donors (Lipinski definition) is 3. The molecular weight excluding hydrogens is 491 g/mol. The molecule has 0 atom stereocenters. The molecule has 0 aliphatic carbocycles. The summed E-state index contributed by atoms with van der Waals surface area (Å²) in [6.07, 6.45) is 4.70. The van der Waals surface area contributed by atoms with Crippen molar-refractivity contribution in [3.63, 3.8) is 0 Å². The second-order valence-corrected chi connectivity index (χ2v) is 6.92. The number of carbonyl (C=O) groups is 1. The first-order chi connectivity index (χ1) is 14.1. The van der Waals surface area contributed by atoms with Crippen LogP contribution >= 0.6 is 24.0 Å². The van der Waals surface area contributed by atoms with Crippen LogP contribution < -0.4 is 16.0 Å². The van der Waals surface area contributed by atoms with Gasteiger partial charge in [0.05, 0.1) is 0 Å². The number of pyridine rings is 1. The number of anilines is 1. The van der Waals surface area contributed by atoms with Gasteiger partial charge < -0.3 is 20.9 Å². The van der Waals surface area contributed by atoms with E-state index in [4.69, 9.17) is 0 Å². The molecule has 0 saturated carbocycles. The van der Waals surface area contributed by atoms with Crippen LogP contribution in [-0.4, -0.2) is 62.5 Å². The number of rotatable bonds is 10. The molecule has 2 aromatic rings. The molecule has 0 fully saturated rings. The Bertz CT molecular complexity index is 782. The number of nitrogens with one attached hydrogen (secondary N) is 3. The Morgan fingerprint density at radius 1 is 1.03 bits per heavy atom. The molecule has 1 aromatic carbocycles. The molecule has 0 aliphatic rings. The van der Waals surface area contributed by atoms with Gasteiger partial charge in [-0.25, -0.2) is 4.98 Å². The standard InChI is InChI=1S/C22H32N6O.HI/c1-23-22(26-15-7-6-14-25-20-11-4-5-13-24-20)27-16-12-18-9-8-10-19(17-18)21(29)28(2)3;/h4-5,8-11,13,17H,6-7,12,14-16H2,1-3H3,(H,24,25)(H2,23,26,27);1H. The number of unbranched alkanes of at least 4 members (excludes halogenated alkanes) is 1. The molecule has 164 valence electrons. The molecule has 0 saturated heterocycles. The lowest BCUT2D eigenvalue weighted by Crippen LogP contribution is -2.38. The number of benzene rings is 1. The molecular formula is C22H33IN6O. The zero-order valence-corrected chi connectivity index (χ0v) is 20.3. The Balaban J connectivity index is 0.00000450. The quantitative estimate of drug-likeness (QED) is 0.193. The van der Waals surface area contributed by atoms with E-state index in [1.807, 2.05) is 42.5 Å². The molecule has 0 spiro atoms. The van der Waals surface area contributed by atoms with Crippen molar-refractivity contribution in [3.05, 3.63) is 59.8 Å². The molecule has 1 aromatic heterocycles. The lowest BCUT2D eigenvalue weighted by molar-refractivity contribution is 0.0827. The number of guanidine groups is 1. The normalized spacial score (nSPS) is 10.7. The topological polar surface area (TPSA) is 81.6 Å². The van der Waals surface area contributed by atoms with E-state index < -0.39 is 0 Å². The zero-order valence-electron chi connectivity index (χ0n) is 18.0. The van der Waals surface area contributed by atoms with Crippen LogP contribution in [0.1, 0.15) is 28.8 Å². The van der Waals surface area contributed by atoms with Gasteiger partial charge >= 0.3 is 0 Å². The summed E-state index contributed by atoms with van der Waals surface area (Å²) in [7, 11) is 5.30. The van der Waals surface area contributed by atoms with Gasteiger partial charge in [-0.15, -0.1) is 24.0 Å². The number of aromatic nitrogens is 1. The molecule has 7 nitrogen and oxygen atoms in total. The highest BCUT2D eigenvalue weighted by Gasteiger charge is 2.08. The fourth-order valence-electron chi connectivity index (χ4n) is 2.80. The summed E-state index contributed by atoms with van der Waals surface area (Å²) in [4.78, 5) is 22.2. The summed E-state index contributed by atoms with van der Waals surface area (Å²) in [5.41, 5.74) is 1.84. The molecule has 3 N–H and O–H groups in total. The van der Waals surface area contributed by atoms with E-state index in [1.165, 1.54) is 0 Å². The number of halogens is 1. The molecule has 8 heteroatoms. The third kappa shape index (κ3) is 9.43. The van der Waals surface area contributed by atoms with Gasteiger partial charge in [0.2, 0.25) is 0 Å². The first kappa shape index (κ1) is 25.7. The lowest BCUT2D eigenvalue weighted by atomic mass is 10.1.